The highest BCUT2D eigenvalue weighted by molar-refractivity contribution is 6.16. The quantitative estimate of drug-likeness (QED) is 0.669. The zero-order chi connectivity index (χ0) is 21.4. The average molecular weight is 415 g/mol. The van der Waals surface area contributed by atoms with Crippen molar-refractivity contribution in [3.63, 3.8) is 0 Å². The van der Waals surface area contributed by atoms with E-state index in [1.165, 1.54) is 0 Å². The molecule has 5 rings (SSSR count). The smallest absolute Gasteiger partial charge is 0.260 e. The Bertz CT molecular complexity index is 1160. The van der Waals surface area contributed by atoms with E-state index in [0.717, 1.165) is 5.56 Å². The third-order valence-corrected chi connectivity index (χ3v) is 5.71. The fourth-order valence-electron chi connectivity index (χ4n) is 4.25. The molecule has 2 aliphatic heterocycles. The Balaban J connectivity index is 1.36. The Morgan fingerprint density at radius 3 is 2.55 bits per heavy atom. The topological polar surface area (TPSA) is 87.5 Å². The first-order chi connectivity index (χ1) is 15.1. The van der Waals surface area contributed by atoms with Gasteiger partial charge in [0.05, 0.1) is 17.6 Å². The van der Waals surface area contributed by atoms with Crippen LogP contribution in [0.2, 0.25) is 0 Å². The number of para-hydroxylation sites is 1. The van der Waals surface area contributed by atoms with Crippen molar-refractivity contribution in [3.05, 3.63) is 83.9 Å². The van der Waals surface area contributed by atoms with Crippen LogP contribution >= 0.6 is 0 Å². The first-order valence-corrected chi connectivity index (χ1v) is 10.2. The molecule has 2 aromatic carbocycles. The van der Waals surface area contributed by atoms with Gasteiger partial charge in [-0.25, -0.2) is 4.98 Å². The number of carbonyl (C=O) groups excluding carboxylic acids is 3. The fraction of sp³-hybridized carbons (Fsp3) is 0.217. The lowest BCUT2D eigenvalue weighted by molar-refractivity contribution is -0.121. The third-order valence-electron chi connectivity index (χ3n) is 5.71. The molecule has 2 aliphatic rings. The summed E-state index contributed by atoms with van der Waals surface area (Å²) in [4.78, 5) is 46.1. The molecule has 0 bridgehead atoms. The van der Waals surface area contributed by atoms with E-state index in [-0.39, 0.29) is 30.7 Å². The van der Waals surface area contributed by atoms with Crippen molar-refractivity contribution in [1.29, 1.82) is 0 Å². The zero-order valence-corrected chi connectivity index (χ0v) is 16.8. The molecule has 0 fully saturated rings. The summed E-state index contributed by atoms with van der Waals surface area (Å²) in [6.45, 7) is 1.32. The second-order valence-electron chi connectivity index (χ2n) is 7.55. The van der Waals surface area contributed by atoms with Crippen LogP contribution in [-0.4, -0.2) is 45.3 Å². The Kier molecular flexibility index (Phi) is 4.74. The summed E-state index contributed by atoms with van der Waals surface area (Å²) < 4.78 is 1.88. The van der Waals surface area contributed by atoms with Crippen LogP contribution in [0.25, 0.3) is 0 Å². The normalized spacial score (nSPS) is 16.7. The van der Waals surface area contributed by atoms with Gasteiger partial charge in [-0.15, -0.1) is 0 Å². The molecule has 31 heavy (non-hydrogen) atoms. The van der Waals surface area contributed by atoms with Crippen molar-refractivity contribution in [3.8, 4) is 0 Å². The van der Waals surface area contributed by atoms with Crippen molar-refractivity contribution in [2.45, 2.75) is 19.1 Å². The second kappa shape index (κ2) is 7.71. The van der Waals surface area contributed by atoms with Crippen LogP contribution in [-0.2, 0) is 11.3 Å². The van der Waals surface area contributed by atoms with E-state index in [1.807, 2.05) is 35.0 Å². The van der Waals surface area contributed by atoms with E-state index >= 15 is 0 Å². The number of amides is 3. The van der Waals surface area contributed by atoms with Gasteiger partial charge in [0.1, 0.15) is 6.17 Å². The van der Waals surface area contributed by atoms with Gasteiger partial charge < -0.3 is 14.8 Å². The molecule has 0 spiro atoms. The van der Waals surface area contributed by atoms with Crippen LogP contribution in [0.1, 0.15) is 38.9 Å². The van der Waals surface area contributed by atoms with Crippen molar-refractivity contribution in [2.24, 2.45) is 0 Å². The Morgan fingerprint density at radius 2 is 1.74 bits per heavy atom. The summed E-state index contributed by atoms with van der Waals surface area (Å²) in [5.41, 5.74) is 2.46. The van der Waals surface area contributed by atoms with E-state index < -0.39 is 6.17 Å². The van der Waals surface area contributed by atoms with Gasteiger partial charge in [-0.05, 0) is 18.2 Å². The molecule has 0 aliphatic carbocycles. The van der Waals surface area contributed by atoms with Gasteiger partial charge in [0, 0.05) is 49.6 Å². The molecular weight excluding hydrogens is 394 g/mol. The summed E-state index contributed by atoms with van der Waals surface area (Å²) in [5, 5.41) is 2.88. The molecule has 0 radical (unpaired) electrons. The third kappa shape index (κ3) is 3.26. The van der Waals surface area contributed by atoms with Crippen LogP contribution in [0.4, 0.5) is 5.69 Å². The van der Waals surface area contributed by atoms with E-state index in [2.05, 4.69) is 10.3 Å². The Hall–Kier alpha value is -3.94. The van der Waals surface area contributed by atoms with Crippen LogP contribution in [0.15, 0.2) is 67.3 Å². The van der Waals surface area contributed by atoms with Gasteiger partial charge >= 0.3 is 0 Å². The molecule has 0 saturated carbocycles. The van der Waals surface area contributed by atoms with Gasteiger partial charge in [0.15, 0.2) is 0 Å². The summed E-state index contributed by atoms with van der Waals surface area (Å²) in [6, 6.07) is 14.5. The highest BCUT2D eigenvalue weighted by atomic mass is 16.2. The fourth-order valence-corrected chi connectivity index (χ4v) is 4.25. The molecule has 3 aromatic rings. The summed E-state index contributed by atoms with van der Waals surface area (Å²) in [6.07, 6.45) is 4.83. The van der Waals surface area contributed by atoms with Crippen molar-refractivity contribution in [1.82, 2.24) is 19.8 Å². The number of nitrogens with zero attached hydrogens (tertiary/aromatic N) is 4. The van der Waals surface area contributed by atoms with Crippen molar-refractivity contribution in [2.75, 3.05) is 18.0 Å². The minimum Gasteiger partial charge on any atom is -0.354 e. The summed E-state index contributed by atoms with van der Waals surface area (Å²) in [5.74, 6) is -0.446. The predicted molar refractivity (Wildman–Crippen MR) is 113 cm³/mol. The first-order valence-electron chi connectivity index (χ1n) is 10.2. The van der Waals surface area contributed by atoms with Crippen molar-refractivity contribution < 1.29 is 14.4 Å². The molecule has 1 N–H and O–H groups in total. The average Bonchev–Trinajstić information content (AvgIpc) is 3.41. The molecule has 1 aromatic heterocycles. The maximum absolute atomic E-state index is 13.3. The van der Waals surface area contributed by atoms with Crippen molar-refractivity contribution >= 4 is 23.4 Å². The van der Waals surface area contributed by atoms with Crippen LogP contribution in [0.3, 0.4) is 0 Å². The van der Waals surface area contributed by atoms with Gasteiger partial charge in [0.25, 0.3) is 11.8 Å². The lowest BCUT2D eigenvalue weighted by Crippen LogP contribution is -2.49. The molecule has 1 unspecified atom stereocenters. The van der Waals surface area contributed by atoms with Gasteiger partial charge in [-0.2, -0.15) is 0 Å². The van der Waals surface area contributed by atoms with Gasteiger partial charge in [0.2, 0.25) is 5.91 Å². The molecule has 1 atom stereocenters. The Labute approximate surface area is 179 Å². The lowest BCUT2D eigenvalue weighted by Gasteiger charge is -2.40. The monoisotopic (exact) mass is 415 g/mol. The van der Waals surface area contributed by atoms with E-state index in [4.69, 9.17) is 0 Å². The number of carbonyl (C=O) groups is 3. The number of benzene rings is 2. The number of imidazole rings is 1. The number of fused-ring (bicyclic) bond motifs is 5. The largest absolute Gasteiger partial charge is 0.354 e. The van der Waals surface area contributed by atoms with E-state index in [9.17, 15) is 14.4 Å². The summed E-state index contributed by atoms with van der Waals surface area (Å²) >= 11 is 0. The molecule has 156 valence electrons. The van der Waals surface area contributed by atoms with Gasteiger partial charge in [-0.1, -0.05) is 30.3 Å². The SMILES string of the molecule is O=C(CCN1C(=O)c2ccccc2N2C(=O)c3ccccc3C12)NCCn1ccnc1. The van der Waals surface area contributed by atoms with Gasteiger partial charge in [-0.3, -0.25) is 19.3 Å². The standard InChI is InChI=1S/C23H21N5O3/c29-20(25-11-14-26-13-10-24-15-26)9-12-27-21-16-5-1-2-6-17(16)23(31)28(21)19-8-4-3-7-18(19)22(27)30/h1-8,10,13,15,21H,9,11-12,14H2,(H,25,29). The second-order valence-corrected chi connectivity index (χ2v) is 7.55. The molecule has 3 amide bonds. The minimum absolute atomic E-state index is 0.129. The number of hydrogen-bond donors (Lipinski definition) is 1. The number of nitrogens with one attached hydrogen (secondary N) is 1. The molecule has 8 nitrogen and oxygen atoms in total. The molecule has 8 heteroatoms. The molecule has 3 heterocycles. The number of anilines is 1. The molecular formula is C23H21N5O3. The minimum atomic E-state index is -0.537. The van der Waals surface area contributed by atoms with Crippen LogP contribution in [0.5, 0.6) is 0 Å². The van der Waals surface area contributed by atoms with E-state index in [0.29, 0.717) is 29.9 Å². The number of rotatable bonds is 6. The van der Waals surface area contributed by atoms with Crippen LogP contribution < -0.4 is 10.2 Å². The number of hydrogen-bond acceptors (Lipinski definition) is 4. The number of aromatic nitrogens is 2. The lowest BCUT2D eigenvalue weighted by atomic mass is 10.0. The summed E-state index contributed by atoms with van der Waals surface area (Å²) in [7, 11) is 0. The zero-order valence-electron chi connectivity index (χ0n) is 16.8. The maximum Gasteiger partial charge on any atom is 0.260 e. The highest BCUT2D eigenvalue weighted by Crippen LogP contribution is 2.45. The predicted octanol–water partition coefficient (Wildman–Crippen LogP) is 2.20. The first kappa shape index (κ1) is 19.0. The molecule has 0 saturated heterocycles. The maximum atomic E-state index is 13.3. The Morgan fingerprint density at radius 1 is 0.968 bits per heavy atom. The van der Waals surface area contributed by atoms with E-state index in [1.54, 1.807) is 46.6 Å². The highest BCUT2D eigenvalue weighted by Gasteiger charge is 2.47. The van der Waals surface area contributed by atoms with Crippen LogP contribution in [0, 0.1) is 0 Å².